The quantitative estimate of drug-likeness (QED) is 0.783. The highest BCUT2D eigenvalue weighted by molar-refractivity contribution is 5.38. The molecule has 1 fully saturated rings. The zero-order valence-corrected chi connectivity index (χ0v) is 10.3. The topological polar surface area (TPSA) is 52.8 Å². The van der Waals surface area contributed by atoms with E-state index < -0.39 is 0 Å². The van der Waals surface area contributed by atoms with Crippen LogP contribution in [0.4, 0.5) is 5.82 Å². The monoisotopic (exact) mass is 230 g/mol. The Hall–Kier alpha value is -1.63. The predicted molar refractivity (Wildman–Crippen MR) is 66.6 cm³/mol. The van der Waals surface area contributed by atoms with Crippen LogP contribution in [0, 0.1) is 11.3 Å². The summed E-state index contributed by atoms with van der Waals surface area (Å²) in [7, 11) is 0. The van der Waals surface area contributed by atoms with E-state index in [2.05, 4.69) is 21.8 Å². The van der Waals surface area contributed by atoms with Gasteiger partial charge in [-0.15, -0.1) is 0 Å². The van der Waals surface area contributed by atoms with Crippen molar-refractivity contribution >= 4 is 5.82 Å². The van der Waals surface area contributed by atoms with Crippen molar-refractivity contribution in [1.29, 1.82) is 5.26 Å². The van der Waals surface area contributed by atoms with Gasteiger partial charge in [-0.25, -0.2) is 9.97 Å². The first-order valence-electron chi connectivity index (χ1n) is 6.34. The Morgan fingerprint density at radius 2 is 2.24 bits per heavy atom. The summed E-state index contributed by atoms with van der Waals surface area (Å²) in [6.45, 7) is 3.28. The Morgan fingerprint density at radius 3 is 2.88 bits per heavy atom. The van der Waals surface area contributed by atoms with Crippen LogP contribution in [0.25, 0.3) is 0 Å². The van der Waals surface area contributed by atoms with Gasteiger partial charge >= 0.3 is 0 Å². The van der Waals surface area contributed by atoms with Crippen LogP contribution in [0.15, 0.2) is 12.4 Å². The number of nitriles is 1. The molecule has 1 aromatic heterocycles. The third kappa shape index (κ3) is 2.73. The van der Waals surface area contributed by atoms with Crippen molar-refractivity contribution in [3.63, 3.8) is 0 Å². The SMILES string of the molecule is CCC1CCCCCN1c1cnc(C#N)cn1. The molecule has 0 spiro atoms. The van der Waals surface area contributed by atoms with Crippen LogP contribution in [-0.4, -0.2) is 22.6 Å². The van der Waals surface area contributed by atoms with Gasteiger partial charge in [0.15, 0.2) is 5.69 Å². The average molecular weight is 230 g/mol. The molecule has 0 radical (unpaired) electrons. The van der Waals surface area contributed by atoms with Crippen molar-refractivity contribution in [3.05, 3.63) is 18.1 Å². The minimum absolute atomic E-state index is 0.386. The molecule has 0 saturated carbocycles. The molecule has 0 N–H and O–H groups in total. The van der Waals surface area contributed by atoms with Crippen LogP contribution in [0.2, 0.25) is 0 Å². The molecule has 1 unspecified atom stereocenters. The first kappa shape index (κ1) is 11.8. The number of aromatic nitrogens is 2. The van der Waals surface area contributed by atoms with Crippen LogP contribution < -0.4 is 4.90 Å². The van der Waals surface area contributed by atoms with Gasteiger partial charge in [0, 0.05) is 12.6 Å². The van der Waals surface area contributed by atoms with Crippen LogP contribution >= 0.6 is 0 Å². The van der Waals surface area contributed by atoms with E-state index in [9.17, 15) is 0 Å². The van der Waals surface area contributed by atoms with E-state index in [1.807, 2.05) is 6.07 Å². The highest BCUT2D eigenvalue weighted by Gasteiger charge is 2.20. The Balaban J connectivity index is 2.19. The second kappa shape index (κ2) is 5.62. The molecule has 17 heavy (non-hydrogen) atoms. The van der Waals surface area contributed by atoms with E-state index in [0.29, 0.717) is 11.7 Å². The maximum Gasteiger partial charge on any atom is 0.158 e. The summed E-state index contributed by atoms with van der Waals surface area (Å²) in [6, 6.07) is 2.57. The molecule has 0 amide bonds. The molecule has 1 aromatic rings. The second-order valence-electron chi connectivity index (χ2n) is 4.48. The van der Waals surface area contributed by atoms with Gasteiger partial charge in [-0.3, -0.25) is 0 Å². The lowest BCUT2D eigenvalue weighted by molar-refractivity contribution is 0.551. The van der Waals surface area contributed by atoms with Crippen LogP contribution in [0.3, 0.4) is 0 Å². The zero-order valence-electron chi connectivity index (χ0n) is 10.3. The zero-order chi connectivity index (χ0) is 12.1. The molecule has 4 heteroatoms. The highest BCUT2D eigenvalue weighted by atomic mass is 15.2. The predicted octanol–water partition coefficient (Wildman–Crippen LogP) is 2.51. The van der Waals surface area contributed by atoms with Crippen molar-refractivity contribution in [2.45, 2.75) is 45.1 Å². The van der Waals surface area contributed by atoms with Crippen molar-refractivity contribution in [2.24, 2.45) is 0 Å². The summed E-state index contributed by atoms with van der Waals surface area (Å²) >= 11 is 0. The third-order valence-electron chi connectivity index (χ3n) is 3.40. The highest BCUT2D eigenvalue weighted by Crippen LogP contribution is 2.23. The van der Waals surface area contributed by atoms with E-state index >= 15 is 0 Å². The largest absolute Gasteiger partial charge is 0.352 e. The van der Waals surface area contributed by atoms with Crippen molar-refractivity contribution in [3.8, 4) is 6.07 Å². The molecule has 90 valence electrons. The number of nitrogens with zero attached hydrogens (tertiary/aromatic N) is 4. The maximum absolute atomic E-state index is 8.72. The van der Waals surface area contributed by atoms with Gasteiger partial charge in [-0.2, -0.15) is 5.26 Å². The van der Waals surface area contributed by atoms with Crippen LogP contribution in [0.1, 0.15) is 44.7 Å². The molecule has 1 aliphatic rings. The number of anilines is 1. The molecule has 0 aromatic carbocycles. The maximum atomic E-state index is 8.72. The van der Waals surface area contributed by atoms with E-state index in [-0.39, 0.29) is 0 Å². The van der Waals surface area contributed by atoms with Gasteiger partial charge in [-0.05, 0) is 19.3 Å². The third-order valence-corrected chi connectivity index (χ3v) is 3.40. The average Bonchev–Trinajstić information content (AvgIpc) is 2.64. The van der Waals surface area contributed by atoms with Crippen LogP contribution in [0.5, 0.6) is 0 Å². The van der Waals surface area contributed by atoms with E-state index in [0.717, 1.165) is 18.8 Å². The van der Waals surface area contributed by atoms with Gasteiger partial charge < -0.3 is 4.90 Å². The Labute approximate surface area is 102 Å². The lowest BCUT2D eigenvalue weighted by Gasteiger charge is -2.29. The Bertz CT molecular complexity index is 393. The number of hydrogen-bond acceptors (Lipinski definition) is 4. The van der Waals surface area contributed by atoms with Gasteiger partial charge in [-0.1, -0.05) is 19.8 Å². The van der Waals surface area contributed by atoms with Crippen molar-refractivity contribution in [1.82, 2.24) is 9.97 Å². The lowest BCUT2D eigenvalue weighted by Crippen LogP contribution is -2.35. The molecule has 2 heterocycles. The minimum atomic E-state index is 0.386. The molecule has 1 atom stereocenters. The van der Waals surface area contributed by atoms with Crippen molar-refractivity contribution < 1.29 is 0 Å². The minimum Gasteiger partial charge on any atom is -0.352 e. The molecule has 4 nitrogen and oxygen atoms in total. The first-order valence-corrected chi connectivity index (χ1v) is 6.34. The fourth-order valence-corrected chi connectivity index (χ4v) is 2.43. The lowest BCUT2D eigenvalue weighted by atomic mass is 10.1. The van der Waals surface area contributed by atoms with Gasteiger partial charge in [0.2, 0.25) is 0 Å². The fourth-order valence-electron chi connectivity index (χ4n) is 2.43. The molecule has 0 bridgehead atoms. The van der Waals surface area contributed by atoms with Gasteiger partial charge in [0.05, 0.1) is 12.4 Å². The summed E-state index contributed by atoms with van der Waals surface area (Å²) in [5.41, 5.74) is 0.386. The number of rotatable bonds is 2. The molecule has 1 aliphatic heterocycles. The molecular weight excluding hydrogens is 212 g/mol. The van der Waals surface area contributed by atoms with E-state index in [4.69, 9.17) is 5.26 Å². The Kier molecular flexibility index (Phi) is 3.92. The fraction of sp³-hybridized carbons (Fsp3) is 0.615. The number of hydrogen-bond donors (Lipinski definition) is 0. The van der Waals surface area contributed by atoms with Crippen molar-refractivity contribution in [2.75, 3.05) is 11.4 Å². The smallest absolute Gasteiger partial charge is 0.158 e. The standard InChI is InChI=1S/C13H18N4/c1-2-12-6-4-3-5-7-17(12)13-10-15-11(8-14)9-16-13/h9-10,12H,2-7H2,1H3. The van der Waals surface area contributed by atoms with Gasteiger partial charge in [0.1, 0.15) is 11.9 Å². The molecular formula is C13H18N4. The van der Waals surface area contributed by atoms with E-state index in [1.165, 1.54) is 25.7 Å². The summed E-state index contributed by atoms with van der Waals surface area (Å²) in [5, 5.41) is 8.72. The summed E-state index contributed by atoms with van der Waals surface area (Å²) in [4.78, 5) is 10.8. The van der Waals surface area contributed by atoms with E-state index in [1.54, 1.807) is 12.4 Å². The summed E-state index contributed by atoms with van der Waals surface area (Å²) in [5.74, 6) is 0.915. The molecule has 0 aliphatic carbocycles. The normalized spacial score (nSPS) is 20.7. The van der Waals surface area contributed by atoms with Crippen LogP contribution in [-0.2, 0) is 0 Å². The summed E-state index contributed by atoms with van der Waals surface area (Å²) in [6.07, 6.45) is 9.49. The molecule has 1 saturated heterocycles. The first-order chi connectivity index (χ1) is 8.35. The van der Waals surface area contributed by atoms with Gasteiger partial charge in [0.25, 0.3) is 0 Å². The summed E-state index contributed by atoms with van der Waals surface area (Å²) < 4.78 is 0. The second-order valence-corrected chi connectivity index (χ2v) is 4.48. The molecule has 2 rings (SSSR count). The Morgan fingerprint density at radius 1 is 1.35 bits per heavy atom.